The maximum absolute atomic E-state index is 9.10. The molecule has 1 aliphatic rings. The number of hydrogen-bond acceptors (Lipinski definition) is 5. The average molecular weight is 505 g/mol. The first-order chi connectivity index (χ1) is 17.9. The maximum Gasteiger partial charge on any atom is 0.414 e. The summed E-state index contributed by atoms with van der Waals surface area (Å²) in [6.45, 7) is 4.20. The molecule has 3 N–H and O–H groups in total. The number of fused-ring (bicyclic) bond motifs is 2. The molecule has 3 aromatic carbocycles. The summed E-state index contributed by atoms with van der Waals surface area (Å²) in [5.41, 5.74) is 2.60. The van der Waals surface area contributed by atoms with E-state index in [4.69, 9.17) is 29.3 Å². The summed E-state index contributed by atoms with van der Waals surface area (Å²) >= 11 is 0. The molecule has 2 heterocycles. The van der Waals surface area contributed by atoms with Gasteiger partial charge in [0.15, 0.2) is 0 Å². The summed E-state index contributed by atoms with van der Waals surface area (Å²) in [7, 11) is 1.72. The number of nitrogens with zero attached hydrogens (tertiary/aromatic N) is 1. The smallest absolute Gasteiger partial charge is 0.414 e. The lowest BCUT2D eigenvalue weighted by Gasteiger charge is -2.32. The molecule has 8 nitrogen and oxygen atoms in total. The average Bonchev–Trinajstić information content (AvgIpc) is 3.41. The van der Waals surface area contributed by atoms with Crippen LogP contribution in [0.25, 0.3) is 21.7 Å². The number of H-pyrrole nitrogens is 1. The molecule has 0 aliphatic carbocycles. The van der Waals surface area contributed by atoms with Crippen molar-refractivity contribution in [1.29, 1.82) is 0 Å². The predicted octanol–water partition coefficient (Wildman–Crippen LogP) is 5.13. The van der Waals surface area contributed by atoms with E-state index in [9.17, 15) is 0 Å². The Morgan fingerprint density at radius 2 is 1.70 bits per heavy atom. The lowest BCUT2D eigenvalue weighted by atomic mass is 9.88. The zero-order valence-corrected chi connectivity index (χ0v) is 20.9. The molecule has 194 valence electrons. The van der Waals surface area contributed by atoms with E-state index < -0.39 is 11.9 Å². The van der Waals surface area contributed by atoms with Gasteiger partial charge in [0.2, 0.25) is 0 Å². The summed E-state index contributed by atoms with van der Waals surface area (Å²) in [6.07, 6.45) is 5.48. The number of aromatic amines is 1. The van der Waals surface area contributed by atoms with Crippen molar-refractivity contribution >= 4 is 33.6 Å². The molecular weight excluding hydrogens is 472 g/mol. The first-order valence-electron chi connectivity index (χ1n) is 12.4. The number of hydrogen-bond donors (Lipinski definition) is 3. The Balaban J connectivity index is 0.000000480. The number of likely N-dealkylation sites (tertiary alicyclic amines) is 1. The lowest BCUT2D eigenvalue weighted by molar-refractivity contribution is -0.159. The second kappa shape index (κ2) is 12.3. The Morgan fingerprint density at radius 3 is 2.43 bits per heavy atom. The molecule has 0 atom stereocenters. The zero-order chi connectivity index (χ0) is 26.2. The largest absolute Gasteiger partial charge is 0.497 e. The van der Waals surface area contributed by atoms with Gasteiger partial charge in [0.1, 0.15) is 11.5 Å². The van der Waals surface area contributed by atoms with Crippen LogP contribution >= 0.6 is 0 Å². The number of nitrogens with one attached hydrogen (secondary N) is 1. The van der Waals surface area contributed by atoms with E-state index in [2.05, 4.69) is 58.4 Å². The third-order valence-electron chi connectivity index (χ3n) is 6.74. The van der Waals surface area contributed by atoms with Gasteiger partial charge in [-0.05, 0) is 84.9 Å². The third-order valence-corrected chi connectivity index (χ3v) is 6.74. The van der Waals surface area contributed by atoms with Crippen LogP contribution in [-0.2, 0) is 9.59 Å². The van der Waals surface area contributed by atoms with Crippen molar-refractivity contribution in [2.24, 2.45) is 0 Å². The van der Waals surface area contributed by atoms with Gasteiger partial charge < -0.3 is 29.6 Å². The van der Waals surface area contributed by atoms with E-state index in [0.717, 1.165) is 42.0 Å². The van der Waals surface area contributed by atoms with E-state index in [1.165, 1.54) is 42.3 Å². The summed E-state index contributed by atoms with van der Waals surface area (Å²) < 4.78 is 11.4. The standard InChI is InChI=1S/C27H30N2O2.C2H2O4/c1-30-24-9-8-22-18-21(6-7-23(22)19-24)20-11-15-29(16-12-20)14-3-17-31-27-5-2-4-26-25(27)10-13-28-26;3-1(4)2(5)6/h2,4-10,13,18-20,28H,3,11-12,14-17H2,1H3;(H,3,4)(H,5,6). The topological polar surface area (TPSA) is 112 Å². The van der Waals surface area contributed by atoms with E-state index in [-0.39, 0.29) is 0 Å². The van der Waals surface area contributed by atoms with Crippen molar-refractivity contribution < 1.29 is 29.3 Å². The minimum absolute atomic E-state index is 0.658. The van der Waals surface area contributed by atoms with E-state index in [1.807, 2.05) is 18.3 Å². The molecule has 4 aromatic rings. The molecule has 5 rings (SSSR count). The van der Waals surface area contributed by atoms with Crippen LogP contribution in [0.15, 0.2) is 66.9 Å². The fourth-order valence-corrected chi connectivity index (χ4v) is 4.77. The van der Waals surface area contributed by atoms with Gasteiger partial charge in [-0.25, -0.2) is 9.59 Å². The van der Waals surface area contributed by atoms with Crippen LogP contribution in [0, 0.1) is 0 Å². The molecule has 0 saturated carbocycles. The molecule has 0 bridgehead atoms. The summed E-state index contributed by atoms with van der Waals surface area (Å²) in [5.74, 6) is -1.09. The number of ether oxygens (including phenoxy) is 2. The Kier molecular flexibility index (Phi) is 8.64. The van der Waals surface area contributed by atoms with Crippen LogP contribution in [0.4, 0.5) is 0 Å². The minimum atomic E-state index is -1.82. The van der Waals surface area contributed by atoms with Gasteiger partial charge in [0.05, 0.1) is 13.7 Å². The van der Waals surface area contributed by atoms with E-state index >= 15 is 0 Å². The Labute approximate surface area is 215 Å². The molecule has 0 unspecified atom stereocenters. The summed E-state index contributed by atoms with van der Waals surface area (Å²) in [6, 6.07) is 21.5. The Hall–Kier alpha value is -4.04. The first-order valence-corrected chi connectivity index (χ1v) is 12.4. The van der Waals surface area contributed by atoms with Gasteiger partial charge in [-0.15, -0.1) is 0 Å². The highest BCUT2D eigenvalue weighted by molar-refractivity contribution is 6.27. The van der Waals surface area contributed by atoms with Crippen LogP contribution < -0.4 is 9.47 Å². The highest BCUT2D eigenvalue weighted by Gasteiger charge is 2.20. The normalized spacial score (nSPS) is 14.2. The molecule has 0 amide bonds. The van der Waals surface area contributed by atoms with Crippen LogP contribution in [0.1, 0.15) is 30.7 Å². The van der Waals surface area contributed by atoms with Gasteiger partial charge in [-0.2, -0.15) is 0 Å². The number of piperidine rings is 1. The fourth-order valence-electron chi connectivity index (χ4n) is 4.77. The van der Waals surface area contributed by atoms with Gasteiger partial charge in [-0.1, -0.05) is 30.3 Å². The second-order valence-electron chi connectivity index (χ2n) is 9.10. The number of benzene rings is 3. The van der Waals surface area contributed by atoms with E-state index in [1.54, 1.807) is 7.11 Å². The van der Waals surface area contributed by atoms with Crippen molar-refractivity contribution in [3.63, 3.8) is 0 Å². The van der Waals surface area contributed by atoms with Crippen molar-refractivity contribution in [2.45, 2.75) is 25.2 Å². The lowest BCUT2D eigenvalue weighted by Crippen LogP contribution is -2.34. The highest BCUT2D eigenvalue weighted by Crippen LogP contribution is 2.31. The predicted molar refractivity (Wildman–Crippen MR) is 143 cm³/mol. The molecule has 1 saturated heterocycles. The quantitative estimate of drug-likeness (QED) is 0.236. The molecule has 1 aliphatic heterocycles. The van der Waals surface area contributed by atoms with Gasteiger partial charge in [-0.3, -0.25) is 0 Å². The Morgan fingerprint density at radius 1 is 0.973 bits per heavy atom. The van der Waals surface area contributed by atoms with Gasteiger partial charge in [0, 0.05) is 23.6 Å². The first kappa shape index (κ1) is 26.0. The number of rotatable bonds is 7. The van der Waals surface area contributed by atoms with Crippen LogP contribution in [-0.4, -0.2) is 65.4 Å². The molecule has 0 spiro atoms. The maximum atomic E-state index is 9.10. The van der Waals surface area contributed by atoms with E-state index in [0.29, 0.717) is 5.92 Å². The fraction of sp³-hybridized carbons (Fsp3) is 0.310. The second-order valence-corrected chi connectivity index (χ2v) is 9.10. The number of aliphatic carboxylic acids is 2. The zero-order valence-electron chi connectivity index (χ0n) is 20.9. The summed E-state index contributed by atoms with van der Waals surface area (Å²) in [4.78, 5) is 24.0. The van der Waals surface area contributed by atoms with Gasteiger partial charge >= 0.3 is 11.9 Å². The SMILES string of the molecule is COc1ccc2cc(C3CCN(CCCOc4cccc5[nH]ccc45)CC3)ccc2c1.O=C(O)C(=O)O. The molecule has 0 radical (unpaired) electrons. The summed E-state index contributed by atoms with van der Waals surface area (Å²) in [5, 5.41) is 18.5. The molecule has 1 aromatic heterocycles. The number of carboxylic acid groups (broad SMARTS) is 2. The highest BCUT2D eigenvalue weighted by atomic mass is 16.5. The van der Waals surface area contributed by atoms with Crippen molar-refractivity contribution in [1.82, 2.24) is 9.88 Å². The number of methoxy groups -OCH3 is 1. The molecular formula is C29H32N2O6. The van der Waals surface area contributed by atoms with Crippen molar-refractivity contribution in [3.05, 3.63) is 72.4 Å². The third kappa shape index (κ3) is 6.80. The van der Waals surface area contributed by atoms with Crippen LogP contribution in [0.3, 0.4) is 0 Å². The van der Waals surface area contributed by atoms with Crippen LogP contribution in [0.5, 0.6) is 11.5 Å². The van der Waals surface area contributed by atoms with Crippen molar-refractivity contribution in [3.8, 4) is 11.5 Å². The van der Waals surface area contributed by atoms with Crippen LogP contribution in [0.2, 0.25) is 0 Å². The molecule has 37 heavy (non-hydrogen) atoms. The van der Waals surface area contributed by atoms with Crippen molar-refractivity contribution in [2.75, 3.05) is 33.4 Å². The number of carboxylic acids is 2. The number of carbonyl (C=O) groups is 2. The molecule has 1 fully saturated rings. The molecule has 8 heteroatoms. The van der Waals surface area contributed by atoms with Gasteiger partial charge in [0.25, 0.3) is 0 Å². The minimum Gasteiger partial charge on any atom is -0.497 e. The number of aromatic nitrogens is 1. The monoisotopic (exact) mass is 504 g/mol. The Bertz CT molecular complexity index is 1350.